The first-order valence-electron chi connectivity index (χ1n) is 10.5. The van der Waals surface area contributed by atoms with Crippen molar-refractivity contribution < 1.29 is 31.1 Å². The lowest BCUT2D eigenvalue weighted by atomic mass is 9.98. The number of hydrogen-bond donors (Lipinski definition) is 1. The number of phenolic OH excluding ortho intramolecular Hbond substituents is 1. The molecule has 7 nitrogen and oxygen atoms in total. The van der Waals surface area contributed by atoms with E-state index in [1.165, 1.54) is 11.2 Å². The molecule has 1 fully saturated rings. The van der Waals surface area contributed by atoms with Crippen molar-refractivity contribution in [2.24, 2.45) is 0 Å². The molecule has 1 saturated heterocycles. The fraction of sp³-hybridized carbons (Fsp3) is 0.524. The number of alkyl halides is 4. The van der Waals surface area contributed by atoms with Crippen molar-refractivity contribution >= 4 is 15.8 Å². The smallest absolute Gasteiger partial charge is 0.416 e. The number of phenols is 1. The van der Waals surface area contributed by atoms with Crippen molar-refractivity contribution in [2.75, 3.05) is 30.8 Å². The van der Waals surface area contributed by atoms with Crippen molar-refractivity contribution in [1.29, 1.82) is 0 Å². The molecule has 0 saturated carbocycles. The van der Waals surface area contributed by atoms with Crippen LogP contribution in [0.15, 0.2) is 18.2 Å². The molecule has 180 valence electrons. The monoisotopic (exact) mass is 488 g/mol. The van der Waals surface area contributed by atoms with Gasteiger partial charge in [0.15, 0.2) is 5.82 Å². The number of nitrogens with zero attached hydrogens (tertiary/aromatic N) is 4. The molecule has 2 aromatic rings. The summed E-state index contributed by atoms with van der Waals surface area (Å²) in [5.41, 5.74) is 0.478. The Morgan fingerprint density at radius 2 is 1.94 bits per heavy atom. The summed E-state index contributed by atoms with van der Waals surface area (Å²) >= 11 is 0. The number of benzene rings is 1. The highest BCUT2D eigenvalue weighted by Gasteiger charge is 2.39. The predicted molar refractivity (Wildman–Crippen MR) is 114 cm³/mol. The van der Waals surface area contributed by atoms with Gasteiger partial charge in [-0.3, -0.25) is 0 Å². The van der Waals surface area contributed by atoms with E-state index in [4.69, 9.17) is 0 Å². The topological polar surface area (TPSA) is 86.6 Å². The molecule has 3 heterocycles. The third-order valence-corrected chi connectivity index (χ3v) is 7.39. The molecule has 33 heavy (non-hydrogen) atoms. The van der Waals surface area contributed by atoms with Crippen molar-refractivity contribution in [3.8, 4) is 17.0 Å². The molecule has 1 aromatic heterocycles. The van der Waals surface area contributed by atoms with Crippen LogP contribution in [-0.2, 0) is 22.6 Å². The molecular weight excluding hydrogens is 464 g/mol. The fourth-order valence-corrected chi connectivity index (χ4v) is 5.79. The van der Waals surface area contributed by atoms with Gasteiger partial charge in [-0.2, -0.15) is 17.5 Å². The molecule has 0 spiro atoms. The van der Waals surface area contributed by atoms with E-state index < -0.39 is 39.7 Å². The summed E-state index contributed by atoms with van der Waals surface area (Å²) in [6, 6.07) is 2.78. The van der Waals surface area contributed by atoms with Crippen molar-refractivity contribution in [3.05, 3.63) is 34.9 Å². The maximum Gasteiger partial charge on any atom is 0.416 e. The maximum atomic E-state index is 14.0. The summed E-state index contributed by atoms with van der Waals surface area (Å²) in [6.07, 6.45) is -3.27. The summed E-state index contributed by atoms with van der Waals surface area (Å²) in [4.78, 5) is 1.87. The summed E-state index contributed by atoms with van der Waals surface area (Å²) in [7, 11) is -3.56. The van der Waals surface area contributed by atoms with Crippen LogP contribution in [0.3, 0.4) is 0 Å². The zero-order valence-electron chi connectivity index (χ0n) is 18.1. The first-order valence-corrected chi connectivity index (χ1v) is 12.3. The molecule has 4 rings (SSSR count). The highest BCUT2D eigenvalue weighted by Crippen LogP contribution is 2.39. The quantitative estimate of drug-likeness (QED) is 0.665. The number of halogens is 4. The van der Waals surface area contributed by atoms with E-state index in [0.717, 1.165) is 24.3 Å². The Kier molecular flexibility index (Phi) is 6.02. The average molecular weight is 489 g/mol. The van der Waals surface area contributed by atoms with E-state index in [9.17, 15) is 31.1 Å². The number of aromatic nitrogens is 2. The van der Waals surface area contributed by atoms with Gasteiger partial charge in [0.05, 0.1) is 17.5 Å². The van der Waals surface area contributed by atoms with Crippen LogP contribution in [0.1, 0.15) is 29.5 Å². The van der Waals surface area contributed by atoms with Gasteiger partial charge in [-0.1, -0.05) is 0 Å². The van der Waals surface area contributed by atoms with Crippen LogP contribution in [0.25, 0.3) is 11.3 Å². The van der Waals surface area contributed by atoms with E-state index >= 15 is 0 Å². The van der Waals surface area contributed by atoms with E-state index in [0.29, 0.717) is 24.8 Å². The predicted octanol–water partition coefficient (Wildman–Crippen LogP) is 3.30. The van der Waals surface area contributed by atoms with Crippen LogP contribution in [0.4, 0.5) is 23.4 Å². The van der Waals surface area contributed by atoms with E-state index in [1.807, 2.05) is 4.90 Å². The second-order valence-corrected chi connectivity index (χ2v) is 10.6. The molecule has 12 heteroatoms. The SMILES string of the molecule is Cc1cc(C(F)(F)F)cc(O)c1-c1cc2c(nn1)N(C[C@@H]1C[C@@H](F)CN1S(C)(=O)=O)CCC2. The standard InChI is InChI=1S/C21H24F4N4O3S/c1-12-6-14(21(23,24)25)8-18(30)19(12)17-7-13-4-3-5-28(20(13)27-26-17)11-16-9-15(22)10-29(16)33(2,31)32/h6-8,15-16,30H,3-5,9-11H2,1-2H3/t15-,16+/m1/s1. The summed E-state index contributed by atoms with van der Waals surface area (Å²) in [5, 5.41) is 18.7. The normalized spacial score (nSPS) is 21.9. The van der Waals surface area contributed by atoms with Gasteiger partial charge in [0.2, 0.25) is 10.0 Å². The average Bonchev–Trinajstić information content (AvgIpc) is 3.07. The Bertz CT molecular complexity index is 1150. The Morgan fingerprint density at radius 3 is 2.58 bits per heavy atom. The van der Waals surface area contributed by atoms with Gasteiger partial charge < -0.3 is 10.0 Å². The van der Waals surface area contributed by atoms with Crippen LogP contribution in [0.2, 0.25) is 0 Å². The number of fused-ring (bicyclic) bond motifs is 1. The summed E-state index contributed by atoms with van der Waals surface area (Å²) < 4.78 is 78.3. The third-order valence-electron chi connectivity index (χ3n) is 6.09. The fourth-order valence-electron chi connectivity index (χ4n) is 4.66. The van der Waals surface area contributed by atoms with Crippen molar-refractivity contribution in [1.82, 2.24) is 14.5 Å². The number of sulfonamides is 1. The van der Waals surface area contributed by atoms with Gasteiger partial charge in [-0.15, -0.1) is 10.2 Å². The Labute approximate surface area is 189 Å². The van der Waals surface area contributed by atoms with Crippen molar-refractivity contribution in [2.45, 2.75) is 44.6 Å². The van der Waals surface area contributed by atoms with Crippen LogP contribution < -0.4 is 4.90 Å². The number of rotatable bonds is 4. The second kappa shape index (κ2) is 8.39. The van der Waals surface area contributed by atoms with Crippen LogP contribution in [0.5, 0.6) is 5.75 Å². The molecule has 0 aliphatic carbocycles. The van der Waals surface area contributed by atoms with Crippen LogP contribution >= 0.6 is 0 Å². The Hall–Kier alpha value is -2.47. The minimum Gasteiger partial charge on any atom is -0.507 e. The second-order valence-electron chi connectivity index (χ2n) is 8.63. The first kappa shape index (κ1) is 23.7. The Balaban J connectivity index is 1.63. The number of anilines is 1. The molecular formula is C21H24F4N4O3S. The molecule has 1 aromatic carbocycles. The highest BCUT2D eigenvalue weighted by molar-refractivity contribution is 7.88. The van der Waals surface area contributed by atoms with Gasteiger partial charge in [0, 0.05) is 31.2 Å². The Morgan fingerprint density at radius 1 is 1.21 bits per heavy atom. The number of aromatic hydroxyl groups is 1. The van der Waals surface area contributed by atoms with Crippen LogP contribution in [0, 0.1) is 6.92 Å². The van der Waals surface area contributed by atoms with Gasteiger partial charge in [-0.25, -0.2) is 12.8 Å². The van der Waals surface area contributed by atoms with Gasteiger partial charge in [0.1, 0.15) is 11.9 Å². The van der Waals surface area contributed by atoms with E-state index in [2.05, 4.69) is 10.2 Å². The lowest BCUT2D eigenvalue weighted by Gasteiger charge is -2.33. The molecule has 2 aliphatic heterocycles. The summed E-state index contributed by atoms with van der Waals surface area (Å²) in [5.74, 6) is -0.00204. The molecule has 0 amide bonds. The molecule has 2 aliphatic rings. The highest BCUT2D eigenvalue weighted by atomic mass is 32.2. The van der Waals surface area contributed by atoms with Crippen LogP contribution in [-0.4, -0.2) is 66.1 Å². The molecule has 0 bridgehead atoms. The number of aryl methyl sites for hydroxylation is 2. The van der Waals surface area contributed by atoms with Gasteiger partial charge >= 0.3 is 6.18 Å². The molecule has 2 atom stereocenters. The minimum absolute atomic E-state index is 0.100. The largest absolute Gasteiger partial charge is 0.507 e. The lowest BCUT2D eigenvalue weighted by Crippen LogP contribution is -2.44. The van der Waals surface area contributed by atoms with Gasteiger partial charge in [0.25, 0.3) is 0 Å². The number of hydrogen-bond acceptors (Lipinski definition) is 6. The lowest BCUT2D eigenvalue weighted by molar-refractivity contribution is -0.137. The third kappa shape index (κ3) is 4.77. The first-order chi connectivity index (χ1) is 15.3. The maximum absolute atomic E-state index is 14.0. The summed E-state index contributed by atoms with van der Waals surface area (Å²) in [6.45, 7) is 2.15. The van der Waals surface area contributed by atoms with Crippen molar-refractivity contribution in [3.63, 3.8) is 0 Å². The zero-order valence-corrected chi connectivity index (χ0v) is 18.9. The minimum atomic E-state index is -4.58. The zero-order chi connectivity index (χ0) is 24.1. The molecule has 0 radical (unpaired) electrons. The molecule has 0 unspecified atom stereocenters. The van der Waals surface area contributed by atoms with Gasteiger partial charge in [-0.05, 0) is 55.5 Å². The van der Waals surface area contributed by atoms with E-state index in [-0.39, 0.29) is 36.3 Å². The van der Waals surface area contributed by atoms with E-state index in [1.54, 1.807) is 6.07 Å². The molecule has 1 N–H and O–H groups in total.